The predicted molar refractivity (Wildman–Crippen MR) is 195 cm³/mol. The highest BCUT2D eigenvalue weighted by atomic mass is 16.5. The van der Waals surface area contributed by atoms with Crippen molar-refractivity contribution in [2.45, 2.75) is 73.8 Å². The van der Waals surface area contributed by atoms with Crippen molar-refractivity contribution >= 4 is 17.8 Å². The van der Waals surface area contributed by atoms with E-state index < -0.39 is 0 Å². The Morgan fingerprint density at radius 2 is 1.49 bits per heavy atom. The number of methoxy groups -OCH3 is 4. The molecular formula is C39H54N2O8. The first-order valence-electron chi connectivity index (χ1n) is 16.9. The van der Waals surface area contributed by atoms with Gasteiger partial charge in [0.2, 0.25) is 5.75 Å². The molecule has 0 aliphatic carbocycles. The summed E-state index contributed by atoms with van der Waals surface area (Å²) in [5.74, 6) is 5.06. The van der Waals surface area contributed by atoms with Crippen LogP contribution in [0.2, 0.25) is 0 Å². The van der Waals surface area contributed by atoms with E-state index in [1.807, 2.05) is 56.2 Å². The molecule has 49 heavy (non-hydrogen) atoms. The van der Waals surface area contributed by atoms with Crippen LogP contribution in [0.3, 0.4) is 0 Å². The van der Waals surface area contributed by atoms with Gasteiger partial charge >= 0.3 is 0 Å². The number of carbonyl (C=O) groups excluding carboxylic acids is 1. The van der Waals surface area contributed by atoms with Crippen LogP contribution in [0.1, 0.15) is 76.7 Å². The molecule has 5 rings (SSSR count). The molecule has 1 atom stereocenters. The molecule has 10 nitrogen and oxygen atoms in total. The third-order valence-corrected chi connectivity index (χ3v) is 7.60. The molecular weight excluding hydrogens is 624 g/mol. The fraction of sp³-hybridized carbons (Fsp3) is 0.487. The number of fused-ring (bicyclic) bond motifs is 2. The van der Waals surface area contributed by atoms with E-state index in [4.69, 9.17) is 33.2 Å². The molecule has 268 valence electrons. The van der Waals surface area contributed by atoms with Crippen LogP contribution in [-0.4, -0.2) is 71.3 Å². The van der Waals surface area contributed by atoms with Gasteiger partial charge in [0, 0.05) is 31.0 Å². The van der Waals surface area contributed by atoms with Gasteiger partial charge in [-0.2, -0.15) is 0 Å². The summed E-state index contributed by atoms with van der Waals surface area (Å²) in [5.41, 5.74) is 2.27. The smallest absolute Gasteiger partial charge is 0.256 e. The van der Waals surface area contributed by atoms with Crippen molar-refractivity contribution in [2.75, 3.05) is 48.2 Å². The Bertz CT molecular complexity index is 1540. The van der Waals surface area contributed by atoms with E-state index in [0.717, 1.165) is 42.9 Å². The maximum absolute atomic E-state index is 12.8. The second-order valence-corrected chi connectivity index (χ2v) is 12.6. The Morgan fingerprint density at radius 1 is 0.816 bits per heavy atom. The zero-order valence-corrected chi connectivity index (χ0v) is 31.1. The van der Waals surface area contributed by atoms with Crippen molar-refractivity contribution in [1.29, 1.82) is 0 Å². The Labute approximate surface area is 292 Å². The van der Waals surface area contributed by atoms with Crippen molar-refractivity contribution in [1.82, 2.24) is 4.90 Å². The van der Waals surface area contributed by atoms with Crippen LogP contribution < -0.4 is 33.2 Å². The number of benzene rings is 3. The lowest BCUT2D eigenvalue weighted by Crippen LogP contribution is -2.35. The normalized spacial score (nSPS) is 14.6. The number of amides is 1. The maximum Gasteiger partial charge on any atom is 0.256 e. The fourth-order valence-corrected chi connectivity index (χ4v) is 5.20. The molecule has 1 amide bonds. The first kappa shape index (κ1) is 38.8. The van der Waals surface area contributed by atoms with Gasteiger partial charge in [-0.3, -0.25) is 9.79 Å². The van der Waals surface area contributed by atoms with Crippen LogP contribution in [-0.2, 0) is 0 Å². The van der Waals surface area contributed by atoms with E-state index in [1.54, 1.807) is 46.6 Å². The monoisotopic (exact) mass is 678 g/mol. The van der Waals surface area contributed by atoms with Crippen LogP contribution >= 0.6 is 0 Å². The largest absolute Gasteiger partial charge is 0.494 e. The Hall–Kier alpha value is -4.60. The first-order valence-corrected chi connectivity index (χ1v) is 16.9. The van der Waals surface area contributed by atoms with Crippen LogP contribution in [0.5, 0.6) is 46.0 Å². The minimum atomic E-state index is 0.0284. The van der Waals surface area contributed by atoms with Gasteiger partial charge in [-0.15, -0.1) is 0 Å². The summed E-state index contributed by atoms with van der Waals surface area (Å²) in [6.07, 6.45) is 4.87. The summed E-state index contributed by atoms with van der Waals surface area (Å²) < 4.78 is 39.0. The Kier molecular flexibility index (Phi) is 14.5. The average Bonchev–Trinajstić information content (AvgIpc) is 3.54. The lowest BCUT2D eigenvalue weighted by atomic mass is 9.99. The number of aliphatic imine (C=N–C) groups is 1. The molecule has 0 N–H and O–H groups in total. The van der Waals surface area contributed by atoms with Crippen molar-refractivity contribution in [3.05, 3.63) is 53.6 Å². The van der Waals surface area contributed by atoms with E-state index in [2.05, 4.69) is 32.7 Å². The van der Waals surface area contributed by atoms with Gasteiger partial charge in [0.05, 0.1) is 58.9 Å². The third kappa shape index (κ3) is 10.2. The van der Waals surface area contributed by atoms with Gasteiger partial charge in [0.25, 0.3) is 5.91 Å². The van der Waals surface area contributed by atoms with E-state index in [9.17, 15) is 4.79 Å². The molecule has 0 bridgehead atoms. The molecule has 3 aromatic rings. The number of carbonyl (C=O) groups is 1. The minimum absolute atomic E-state index is 0.0284. The van der Waals surface area contributed by atoms with Gasteiger partial charge in [0.1, 0.15) is 17.2 Å². The van der Waals surface area contributed by atoms with E-state index in [0.29, 0.717) is 59.0 Å². The number of hydrogen-bond acceptors (Lipinski definition) is 9. The second-order valence-electron chi connectivity index (χ2n) is 12.6. The van der Waals surface area contributed by atoms with Crippen LogP contribution in [0.15, 0.2) is 47.5 Å². The zero-order valence-electron chi connectivity index (χ0n) is 31.1. The molecule has 2 heterocycles. The molecule has 1 saturated heterocycles. The van der Waals surface area contributed by atoms with Crippen molar-refractivity contribution < 1.29 is 38.0 Å². The minimum Gasteiger partial charge on any atom is -0.494 e. The summed E-state index contributed by atoms with van der Waals surface area (Å²) in [6.45, 7) is 16.4. The zero-order chi connectivity index (χ0) is 36.1. The molecule has 3 aromatic carbocycles. The summed E-state index contributed by atoms with van der Waals surface area (Å²) in [6, 6.07) is 13.0. The molecule has 0 saturated carbocycles. The van der Waals surface area contributed by atoms with Crippen LogP contribution in [0, 0.1) is 12.3 Å². The van der Waals surface area contributed by atoms with Crippen LogP contribution in [0.4, 0.5) is 5.69 Å². The molecule has 1 fully saturated rings. The molecule has 10 heteroatoms. The number of ether oxygens (including phenoxy) is 7. The lowest BCUT2D eigenvalue weighted by Gasteiger charge is -2.22. The van der Waals surface area contributed by atoms with Crippen molar-refractivity contribution in [3.8, 4) is 46.0 Å². The average molecular weight is 679 g/mol. The van der Waals surface area contributed by atoms with Crippen LogP contribution in [0.25, 0.3) is 0 Å². The number of nitrogens with zero attached hydrogens (tertiary/aromatic N) is 2. The molecule has 0 spiro atoms. The molecule has 2 aliphatic heterocycles. The fourth-order valence-electron chi connectivity index (χ4n) is 5.20. The Balaban J connectivity index is 0.000000253. The van der Waals surface area contributed by atoms with Gasteiger partial charge in [-0.1, -0.05) is 41.5 Å². The number of hydrogen-bond donors (Lipinski definition) is 0. The summed E-state index contributed by atoms with van der Waals surface area (Å²) in [7, 11) is 6.31. The summed E-state index contributed by atoms with van der Waals surface area (Å²) in [4.78, 5) is 19.2. The maximum atomic E-state index is 12.8. The van der Waals surface area contributed by atoms with Gasteiger partial charge in [-0.05, 0) is 61.4 Å². The third-order valence-electron chi connectivity index (χ3n) is 7.60. The predicted octanol–water partition coefficient (Wildman–Crippen LogP) is 9.07. The Morgan fingerprint density at radius 3 is 2.06 bits per heavy atom. The topological polar surface area (TPSA) is 97.3 Å². The van der Waals surface area contributed by atoms with Crippen molar-refractivity contribution in [3.63, 3.8) is 0 Å². The van der Waals surface area contributed by atoms with Crippen molar-refractivity contribution in [2.24, 2.45) is 10.4 Å². The van der Waals surface area contributed by atoms with E-state index >= 15 is 0 Å². The highest BCUT2D eigenvalue weighted by Crippen LogP contribution is 2.43. The number of rotatable bonds is 11. The van der Waals surface area contributed by atoms with E-state index in [-0.39, 0.29) is 17.4 Å². The molecule has 0 aromatic heterocycles. The standard InChI is InChI=1S/C19H24O5.C18H24N2O3.C2H6/c1-6-9-23-14-7-8-16(13(2)10-14)24-15-11-17(20-3)19(22-5)18(12-15)21-4;1-18(2,3)11-23-16-9-14-13(8-15(16)22-4)17(21)20-7-5-6-12(20)10-19-14;1-2/h7-8,10-12H,6,9H2,1-5H3;8-10,12H,5-7,11H2,1-4H3;1-2H3. The summed E-state index contributed by atoms with van der Waals surface area (Å²) >= 11 is 0. The van der Waals surface area contributed by atoms with E-state index in [1.165, 1.54) is 0 Å². The molecule has 1 unspecified atom stereocenters. The highest BCUT2D eigenvalue weighted by Gasteiger charge is 2.32. The molecule has 2 aliphatic rings. The van der Waals surface area contributed by atoms with Gasteiger partial charge < -0.3 is 38.1 Å². The highest BCUT2D eigenvalue weighted by molar-refractivity contribution is 6.03. The number of aryl methyl sites for hydroxylation is 1. The second kappa shape index (κ2) is 18.2. The molecule has 0 radical (unpaired) electrons. The van der Waals surface area contributed by atoms with Gasteiger partial charge in [0.15, 0.2) is 23.0 Å². The quantitative estimate of drug-likeness (QED) is 0.198. The lowest BCUT2D eigenvalue weighted by molar-refractivity contribution is 0.0774. The first-order chi connectivity index (χ1) is 23.5. The summed E-state index contributed by atoms with van der Waals surface area (Å²) in [5, 5.41) is 0. The SMILES string of the molecule is CC.CCCOc1ccc(Oc2cc(OC)c(OC)c(OC)c2)c(C)c1.COc1cc2c(cc1OCC(C)(C)C)N=CC1CCCN1C2=O. The van der Waals surface area contributed by atoms with Gasteiger partial charge in [-0.25, -0.2) is 0 Å².